The highest BCUT2D eigenvalue weighted by Gasteiger charge is 2.39. The summed E-state index contributed by atoms with van der Waals surface area (Å²) in [7, 11) is 1.54. The van der Waals surface area contributed by atoms with Gasteiger partial charge in [-0.05, 0) is 54.7 Å². The van der Waals surface area contributed by atoms with Crippen LogP contribution in [0.4, 0.5) is 5.69 Å². The third-order valence-electron chi connectivity index (χ3n) is 5.22. The van der Waals surface area contributed by atoms with Gasteiger partial charge in [-0.2, -0.15) is 0 Å². The van der Waals surface area contributed by atoms with Crippen LogP contribution in [0, 0.1) is 0 Å². The molecule has 0 aliphatic carbocycles. The first-order valence-corrected chi connectivity index (χ1v) is 10.9. The summed E-state index contributed by atoms with van der Waals surface area (Å²) in [6.07, 6.45) is 0.0487. The Bertz CT molecular complexity index is 1000. The van der Waals surface area contributed by atoms with Crippen LogP contribution in [0.25, 0.3) is 5.57 Å². The van der Waals surface area contributed by atoms with Crippen LogP contribution < -0.4 is 10.1 Å². The monoisotopic (exact) mass is 436 g/mol. The standard InChI is InChI=1S/C26H32N2O4/c1-17(2)32-21-13-7-18(8-14-21)22-23(25(30)28(24(22)29)15-16-31-6)27-20-11-9-19(10-12-20)26(3,4)5/h7-14,17,27H,15-16H2,1-6H3. The van der Waals surface area contributed by atoms with Crippen LogP contribution in [-0.2, 0) is 19.7 Å². The Morgan fingerprint density at radius 3 is 2.09 bits per heavy atom. The van der Waals surface area contributed by atoms with Gasteiger partial charge in [-0.1, -0.05) is 45.0 Å². The third kappa shape index (κ3) is 5.19. The number of hydrogen-bond donors (Lipinski definition) is 1. The zero-order valence-electron chi connectivity index (χ0n) is 19.7. The number of nitrogens with one attached hydrogen (secondary N) is 1. The van der Waals surface area contributed by atoms with E-state index in [9.17, 15) is 9.59 Å². The molecule has 0 saturated carbocycles. The van der Waals surface area contributed by atoms with Crippen LogP contribution in [0.2, 0.25) is 0 Å². The van der Waals surface area contributed by atoms with Crippen LogP contribution >= 0.6 is 0 Å². The van der Waals surface area contributed by atoms with Gasteiger partial charge in [0.25, 0.3) is 11.8 Å². The zero-order valence-corrected chi connectivity index (χ0v) is 19.7. The molecule has 0 aromatic heterocycles. The molecule has 0 fully saturated rings. The van der Waals surface area contributed by atoms with E-state index in [1.165, 1.54) is 10.5 Å². The van der Waals surface area contributed by atoms with Crippen molar-refractivity contribution >= 4 is 23.1 Å². The van der Waals surface area contributed by atoms with Crippen molar-refractivity contribution in [3.8, 4) is 5.75 Å². The SMILES string of the molecule is COCCN1C(=O)C(Nc2ccc(C(C)(C)C)cc2)=C(c2ccc(OC(C)C)cc2)C1=O. The molecule has 0 bridgehead atoms. The number of ether oxygens (including phenoxy) is 2. The average Bonchev–Trinajstić information content (AvgIpc) is 2.96. The summed E-state index contributed by atoms with van der Waals surface area (Å²) in [6.45, 7) is 10.8. The fourth-order valence-electron chi connectivity index (χ4n) is 3.52. The summed E-state index contributed by atoms with van der Waals surface area (Å²) in [5.41, 5.74) is 3.25. The molecule has 0 radical (unpaired) electrons. The van der Waals surface area contributed by atoms with Gasteiger partial charge in [0.15, 0.2) is 0 Å². The highest BCUT2D eigenvalue weighted by Crippen LogP contribution is 2.32. The molecular formula is C26H32N2O4. The minimum atomic E-state index is -0.357. The average molecular weight is 437 g/mol. The molecule has 6 nitrogen and oxygen atoms in total. The number of carbonyl (C=O) groups is 2. The molecule has 1 aliphatic heterocycles. The molecule has 2 aromatic rings. The number of carbonyl (C=O) groups excluding carboxylic acids is 2. The summed E-state index contributed by atoms with van der Waals surface area (Å²) < 4.78 is 10.8. The lowest BCUT2D eigenvalue weighted by Gasteiger charge is -2.19. The predicted octanol–water partition coefficient (Wildman–Crippen LogP) is 4.61. The number of imide groups is 1. The molecule has 170 valence electrons. The third-order valence-corrected chi connectivity index (χ3v) is 5.22. The zero-order chi connectivity index (χ0) is 23.5. The first kappa shape index (κ1) is 23.5. The quantitative estimate of drug-likeness (QED) is 0.612. The molecule has 2 amide bonds. The van der Waals surface area contributed by atoms with Crippen molar-refractivity contribution in [2.45, 2.75) is 46.1 Å². The molecule has 1 N–H and O–H groups in total. The van der Waals surface area contributed by atoms with Crippen molar-refractivity contribution in [1.29, 1.82) is 0 Å². The summed E-state index contributed by atoms with van der Waals surface area (Å²) in [5, 5.41) is 3.20. The van der Waals surface area contributed by atoms with E-state index in [0.29, 0.717) is 16.9 Å². The number of hydrogen-bond acceptors (Lipinski definition) is 5. The minimum Gasteiger partial charge on any atom is -0.491 e. The molecule has 6 heteroatoms. The lowest BCUT2D eigenvalue weighted by atomic mass is 9.87. The van der Waals surface area contributed by atoms with E-state index >= 15 is 0 Å². The Balaban J connectivity index is 1.97. The fourth-order valence-corrected chi connectivity index (χ4v) is 3.52. The van der Waals surface area contributed by atoms with Gasteiger partial charge in [-0.3, -0.25) is 14.5 Å². The Morgan fingerprint density at radius 2 is 1.56 bits per heavy atom. The molecule has 3 rings (SSSR count). The van der Waals surface area contributed by atoms with E-state index in [-0.39, 0.29) is 42.2 Å². The normalized spacial score (nSPS) is 14.5. The molecule has 0 unspecified atom stereocenters. The van der Waals surface area contributed by atoms with Crippen LogP contribution in [0.1, 0.15) is 45.7 Å². The Hall–Kier alpha value is -3.12. The van der Waals surface area contributed by atoms with E-state index < -0.39 is 0 Å². The smallest absolute Gasteiger partial charge is 0.278 e. The summed E-state index contributed by atoms with van der Waals surface area (Å²) >= 11 is 0. The van der Waals surface area contributed by atoms with Crippen LogP contribution in [-0.4, -0.2) is 43.1 Å². The molecule has 1 aliphatic rings. The largest absolute Gasteiger partial charge is 0.491 e. The van der Waals surface area contributed by atoms with E-state index in [4.69, 9.17) is 9.47 Å². The highest BCUT2D eigenvalue weighted by molar-refractivity contribution is 6.36. The lowest BCUT2D eigenvalue weighted by Crippen LogP contribution is -2.35. The maximum atomic E-state index is 13.2. The fraction of sp³-hybridized carbons (Fsp3) is 0.385. The number of anilines is 1. The van der Waals surface area contributed by atoms with Gasteiger partial charge in [0.1, 0.15) is 11.4 Å². The van der Waals surface area contributed by atoms with Crippen LogP contribution in [0.3, 0.4) is 0 Å². The second-order valence-electron chi connectivity index (χ2n) is 9.15. The van der Waals surface area contributed by atoms with Crippen molar-refractivity contribution in [1.82, 2.24) is 4.90 Å². The number of methoxy groups -OCH3 is 1. The second kappa shape index (κ2) is 9.57. The Labute approximate surface area is 190 Å². The lowest BCUT2D eigenvalue weighted by molar-refractivity contribution is -0.137. The molecule has 0 saturated heterocycles. The van der Waals surface area contributed by atoms with Gasteiger partial charge in [0.05, 0.1) is 24.8 Å². The molecule has 2 aromatic carbocycles. The molecule has 0 atom stereocenters. The number of benzene rings is 2. The van der Waals surface area contributed by atoms with Gasteiger partial charge in [0.2, 0.25) is 0 Å². The molecule has 32 heavy (non-hydrogen) atoms. The van der Waals surface area contributed by atoms with Gasteiger partial charge in [-0.15, -0.1) is 0 Å². The molecule has 0 spiro atoms. The van der Waals surface area contributed by atoms with Gasteiger partial charge < -0.3 is 14.8 Å². The van der Waals surface area contributed by atoms with E-state index in [0.717, 1.165) is 5.69 Å². The minimum absolute atomic E-state index is 0.0266. The van der Waals surface area contributed by atoms with E-state index in [2.05, 4.69) is 26.1 Å². The summed E-state index contributed by atoms with van der Waals surface area (Å²) in [5.74, 6) is 0.0208. The number of nitrogens with zero attached hydrogens (tertiary/aromatic N) is 1. The van der Waals surface area contributed by atoms with Gasteiger partial charge in [0, 0.05) is 12.8 Å². The van der Waals surface area contributed by atoms with Crippen molar-refractivity contribution < 1.29 is 19.1 Å². The topological polar surface area (TPSA) is 67.9 Å². The summed E-state index contributed by atoms with van der Waals surface area (Å²) in [6, 6.07) is 15.2. The maximum Gasteiger partial charge on any atom is 0.278 e. The summed E-state index contributed by atoms with van der Waals surface area (Å²) in [4.78, 5) is 27.6. The van der Waals surface area contributed by atoms with Gasteiger partial charge in [-0.25, -0.2) is 0 Å². The van der Waals surface area contributed by atoms with E-state index in [1.807, 2.05) is 62.4 Å². The molecular weight excluding hydrogens is 404 g/mol. The maximum absolute atomic E-state index is 13.2. The van der Waals surface area contributed by atoms with Crippen LogP contribution in [0.15, 0.2) is 54.2 Å². The van der Waals surface area contributed by atoms with Crippen molar-refractivity contribution in [3.05, 3.63) is 65.4 Å². The van der Waals surface area contributed by atoms with Crippen molar-refractivity contribution in [3.63, 3.8) is 0 Å². The number of rotatable bonds is 8. The Morgan fingerprint density at radius 1 is 0.938 bits per heavy atom. The first-order chi connectivity index (χ1) is 15.1. The van der Waals surface area contributed by atoms with Crippen molar-refractivity contribution in [2.24, 2.45) is 0 Å². The first-order valence-electron chi connectivity index (χ1n) is 10.9. The Kier molecular flexibility index (Phi) is 7.04. The van der Waals surface area contributed by atoms with Crippen molar-refractivity contribution in [2.75, 3.05) is 25.6 Å². The second-order valence-corrected chi connectivity index (χ2v) is 9.15. The predicted molar refractivity (Wildman–Crippen MR) is 126 cm³/mol. The van der Waals surface area contributed by atoms with E-state index in [1.54, 1.807) is 7.11 Å². The molecule has 1 heterocycles. The highest BCUT2D eigenvalue weighted by atomic mass is 16.5. The van der Waals surface area contributed by atoms with Crippen LogP contribution in [0.5, 0.6) is 5.75 Å². The van der Waals surface area contributed by atoms with Gasteiger partial charge >= 0.3 is 0 Å². The number of amides is 2.